The largest absolute Gasteiger partial charge is 0.416 e. The summed E-state index contributed by atoms with van der Waals surface area (Å²) in [5, 5.41) is 4.91. The van der Waals surface area contributed by atoms with Gasteiger partial charge in [0.05, 0.1) is 5.56 Å². The Morgan fingerprint density at radius 1 is 0.971 bits per heavy atom. The topological polar surface area (TPSA) is 78.5 Å². The van der Waals surface area contributed by atoms with Gasteiger partial charge in [0.25, 0.3) is 5.91 Å². The van der Waals surface area contributed by atoms with Crippen LogP contribution in [0.25, 0.3) is 0 Å². The lowest BCUT2D eigenvalue weighted by molar-refractivity contribution is -0.137. The molecule has 0 aliphatic carbocycles. The van der Waals surface area contributed by atoms with E-state index >= 15 is 0 Å². The molecule has 1 aliphatic rings. The van der Waals surface area contributed by atoms with Crippen LogP contribution < -0.4 is 10.6 Å². The van der Waals surface area contributed by atoms with Gasteiger partial charge in [-0.1, -0.05) is 6.07 Å². The number of benzene rings is 2. The summed E-state index contributed by atoms with van der Waals surface area (Å²) in [4.78, 5) is 39.1. The zero-order valence-electron chi connectivity index (χ0n) is 18.1. The number of halogens is 5. The van der Waals surface area contributed by atoms with Crippen molar-refractivity contribution in [2.45, 2.75) is 25.1 Å². The average molecular weight is 483 g/mol. The van der Waals surface area contributed by atoms with Crippen LogP contribution in [0, 0.1) is 17.6 Å². The molecule has 2 aromatic carbocycles. The van der Waals surface area contributed by atoms with Crippen molar-refractivity contribution >= 4 is 17.7 Å². The number of piperidine rings is 1. The molecule has 0 bridgehead atoms. The molecule has 1 fully saturated rings. The molecule has 0 aromatic heterocycles. The SMILES string of the molecule is CNC(=O)C(NC(=O)C1CCN(C(=O)c2ccc(C(F)(F)F)cc2)CC1)c1ccc(F)c(F)c1. The summed E-state index contributed by atoms with van der Waals surface area (Å²) in [6.07, 6.45) is -3.98. The van der Waals surface area contributed by atoms with Gasteiger partial charge in [0.2, 0.25) is 11.8 Å². The zero-order chi connectivity index (χ0) is 25.0. The predicted octanol–water partition coefficient (Wildman–Crippen LogP) is 3.44. The van der Waals surface area contributed by atoms with Crippen LogP contribution in [0.4, 0.5) is 22.0 Å². The molecule has 34 heavy (non-hydrogen) atoms. The minimum Gasteiger partial charge on any atom is -0.357 e. The van der Waals surface area contributed by atoms with Gasteiger partial charge in [-0.15, -0.1) is 0 Å². The molecule has 11 heteroatoms. The maximum Gasteiger partial charge on any atom is 0.416 e. The van der Waals surface area contributed by atoms with Crippen LogP contribution in [0.3, 0.4) is 0 Å². The molecule has 3 amide bonds. The molecule has 1 saturated heterocycles. The molecule has 1 atom stereocenters. The maximum absolute atomic E-state index is 13.6. The van der Waals surface area contributed by atoms with Crippen LogP contribution in [-0.4, -0.2) is 42.8 Å². The molecule has 0 radical (unpaired) electrons. The van der Waals surface area contributed by atoms with E-state index in [-0.39, 0.29) is 37.1 Å². The number of carbonyl (C=O) groups excluding carboxylic acids is 3. The first-order valence-electron chi connectivity index (χ1n) is 10.4. The van der Waals surface area contributed by atoms with Crippen LogP contribution in [0.2, 0.25) is 0 Å². The van der Waals surface area contributed by atoms with Crippen LogP contribution in [0.1, 0.15) is 40.4 Å². The number of alkyl halides is 3. The average Bonchev–Trinajstić information content (AvgIpc) is 2.83. The van der Waals surface area contributed by atoms with E-state index in [9.17, 15) is 36.3 Å². The summed E-state index contributed by atoms with van der Waals surface area (Å²) in [6.45, 7) is 0.377. The van der Waals surface area contributed by atoms with Crippen molar-refractivity contribution < 1.29 is 36.3 Å². The summed E-state index contributed by atoms with van der Waals surface area (Å²) >= 11 is 0. The molecule has 3 rings (SSSR count). The summed E-state index contributed by atoms with van der Waals surface area (Å²) in [5.74, 6) is -4.34. The van der Waals surface area contributed by atoms with Gasteiger partial charge in [0.1, 0.15) is 6.04 Å². The van der Waals surface area contributed by atoms with Gasteiger partial charge >= 0.3 is 6.18 Å². The molecule has 6 nitrogen and oxygen atoms in total. The zero-order valence-corrected chi connectivity index (χ0v) is 18.1. The van der Waals surface area contributed by atoms with E-state index in [0.29, 0.717) is 0 Å². The Hall–Kier alpha value is -3.50. The van der Waals surface area contributed by atoms with E-state index in [1.54, 1.807) is 0 Å². The van der Waals surface area contributed by atoms with E-state index in [1.165, 1.54) is 18.0 Å². The number of hydrogen-bond donors (Lipinski definition) is 2. The number of nitrogens with one attached hydrogen (secondary N) is 2. The van der Waals surface area contributed by atoms with Gasteiger partial charge in [-0.2, -0.15) is 13.2 Å². The Morgan fingerprint density at radius 2 is 1.59 bits per heavy atom. The van der Waals surface area contributed by atoms with Crippen molar-refractivity contribution in [3.05, 3.63) is 70.8 Å². The van der Waals surface area contributed by atoms with Crippen molar-refractivity contribution in [2.75, 3.05) is 20.1 Å². The second kappa shape index (κ2) is 10.2. The van der Waals surface area contributed by atoms with Crippen molar-refractivity contribution in [3.63, 3.8) is 0 Å². The van der Waals surface area contributed by atoms with E-state index in [0.717, 1.165) is 36.4 Å². The Morgan fingerprint density at radius 3 is 2.12 bits per heavy atom. The molecule has 2 aromatic rings. The van der Waals surface area contributed by atoms with E-state index in [2.05, 4.69) is 10.6 Å². The van der Waals surface area contributed by atoms with Gasteiger partial charge in [-0.3, -0.25) is 14.4 Å². The highest BCUT2D eigenvalue weighted by molar-refractivity contribution is 5.94. The summed E-state index contributed by atoms with van der Waals surface area (Å²) < 4.78 is 65.0. The smallest absolute Gasteiger partial charge is 0.357 e. The van der Waals surface area contributed by atoms with Gasteiger partial charge in [0, 0.05) is 31.6 Å². The number of likely N-dealkylation sites (N-methyl/N-ethyl adjacent to an activating group) is 1. The molecule has 1 heterocycles. The number of carbonyl (C=O) groups is 3. The van der Waals surface area contributed by atoms with Crippen LogP contribution in [-0.2, 0) is 15.8 Å². The number of amides is 3. The Bertz CT molecular complexity index is 1060. The lowest BCUT2D eigenvalue weighted by atomic mass is 9.94. The number of nitrogens with zero attached hydrogens (tertiary/aromatic N) is 1. The van der Waals surface area contributed by atoms with Crippen molar-refractivity contribution in [1.82, 2.24) is 15.5 Å². The van der Waals surface area contributed by atoms with Crippen LogP contribution >= 0.6 is 0 Å². The fourth-order valence-corrected chi connectivity index (χ4v) is 3.73. The van der Waals surface area contributed by atoms with Gasteiger partial charge in [-0.25, -0.2) is 8.78 Å². The fraction of sp³-hybridized carbons (Fsp3) is 0.348. The summed E-state index contributed by atoms with van der Waals surface area (Å²) in [5.41, 5.74) is -0.679. The molecule has 2 N–H and O–H groups in total. The highest BCUT2D eigenvalue weighted by Crippen LogP contribution is 2.29. The van der Waals surface area contributed by atoms with Crippen LogP contribution in [0.5, 0.6) is 0 Å². The first kappa shape index (κ1) is 25.1. The van der Waals surface area contributed by atoms with E-state index < -0.39 is 53.1 Å². The molecular formula is C23H22F5N3O3. The maximum atomic E-state index is 13.6. The molecule has 1 aliphatic heterocycles. The third-order valence-electron chi connectivity index (χ3n) is 5.68. The quantitative estimate of drug-likeness (QED) is 0.640. The minimum atomic E-state index is -4.50. The molecule has 182 valence electrons. The van der Waals surface area contributed by atoms with Gasteiger partial charge in [0.15, 0.2) is 11.6 Å². The number of rotatable bonds is 5. The third-order valence-corrected chi connectivity index (χ3v) is 5.68. The van der Waals surface area contributed by atoms with Crippen molar-refractivity contribution in [1.29, 1.82) is 0 Å². The number of hydrogen-bond acceptors (Lipinski definition) is 3. The summed E-state index contributed by atoms with van der Waals surface area (Å²) in [6, 6.07) is 5.55. The number of likely N-dealkylation sites (tertiary alicyclic amines) is 1. The van der Waals surface area contributed by atoms with E-state index in [4.69, 9.17) is 0 Å². The molecule has 0 saturated carbocycles. The fourth-order valence-electron chi connectivity index (χ4n) is 3.73. The lowest BCUT2D eigenvalue weighted by Gasteiger charge is -2.32. The minimum absolute atomic E-state index is 0.0708. The molecule has 0 spiro atoms. The normalized spacial score (nSPS) is 15.5. The monoisotopic (exact) mass is 483 g/mol. The highest BCUT2D eigenvalue weighted by Gasteiger charge is 2.33. The van der Waals surface area contributed by atoms with Gasteiger partial charge < -0.3 is 15.5 Å². The van der Waals surface area contributed by atoms with E-state index in [1.807, 2.05) is 0 Å². The molecular weight excluding hydrogens is 461 g/mol. The Balaban J connectivity index is 1.62. The van der Waals surface area contributed by atoms with Crippen molar-refractivity contribution in [2.24, 2.45) is 5.92 Å². The standard InChI is InChI=1S/C23H22F5N3O3/c1-29-21(33)19(15-4-7-17(24)18(25)12-15)30-20(32)13-8-10-31(11-9-13)22(34)14-2-5-16(6-3-14)23(26,27)28/h2-7,12-13,19H,8-11H2,1H3,(H,29,33)(H,30,32). The van der Waals surface area contributed by atoms with Crippen LogP contribution in [0.15, 0.2) is 42.5 Å². The second-order valence-corrected chi connectivity index (χ2v) is 7.87. The first-order valence-corrected chi connectivity index (χ1v) is 10.4. The van der Waals surface area contributed by atoms with Crippen molar-refractivity contribution in [3.8, 4) is 0 Å². The Kier molecular flexibility index (Phi) is 7.53. The third kappa shape index (κ3) is 5.70. The second-order valence-electron chi connectivity index (χ2n) is 7.87. The molecule has 1 unspecified atom stereocenters. The Labute approximate surface area is 192 Å². The predicted molar refractivity (Wildman–Crippen MR) is 111 cm³/mol. The summed E-state index contributed by atoms with van der Waals surface area (Å²) in [7, 11) is 1.34. The lowest BCUT2D eigenvalue weighted by Crippen LogP contribution is -2.46. The first-order chi connectivity index (χ1) is 16.0. The van der Waals surface area contributed by atoms with Gasteiger partial charge in [-0.05, 0) is 54.8 Å². The highest BCUT2D eigenvalue weighted by atomic mass is 19.4.